The zero-order chi connectivity index (χ0) is 11.3. The van der Waals surface area contributed by atoms with Crippen LogP contribution in [0.5, 0.6) is 0 Å². The first-order valence-electron chi connectivity index (χ1n) is 5.13. The first-order valence-corrected chi connectivity index (χ1v) is 5.13. The molecule has 0 atom stereocenters. The van der Waals surface area contributed by atoms with E-state index in [0.717, 1.165) is 12.0 Å². The van der Waals surface area contributed by atoms with Crippen molar-refractivity contribution in [2.45, 2.75) is 26.8 Å². The lowest BCUT2D eigenvalue weighted by Crippen LogP contribution is -2.10. The summed E-state index contributed by atoms with van der Waals surface area (Å²) < 4.78 is 6.96. The van der Waals surface area contributed by atoms with Crippen molar-refractivity contribution in [1.29, 1.82) is 0 Å². The summed E-state index contributed by atoms with van der Waals surface area (Å²) in [6, 6.07) is 1.82. The lowest BCUT2D eigenvalue weighted by molar-refractivity contribution is 0.0682. The van der Waals surface area contributed by atoms with Gasteiger partial charge in [0.1, 0.15) is 5.69 Å². The summed E-state index contributed by atoms with van der Waals surface area (Å²) in [5, 5.41) is 8.99. The summed E-state index contributed by atoms with van der Waals surface area (Å²) >= 11 is 0. The van der Waals surface area contributed by atoms with E-state index in [9.17, 15) is 4.79 Å². The van der Waals surface area contributed by atoms with E-state index in [1.54, 1.807) is 4.57 Å². The zero-order valence-electron chi connectivity index (χ0n) is 9.19. The highest BCUT2D eigenvalue weighted by Crippen LogP contribution is 2.10. The van der Waals surface area contributed by atoms with E-state index in [4.69, 9.17) is 9.84 Å². The number of aromatic carboxylic acids is 1. The Labute approximate surface area is 89.5 Å². The molecule has 0 fully saturated rings. The predicted octanol–water partition coefficient (Wildman–Crippen LogP) is 1.92. The molecule has 0 saturated carbocycles. The SMILES string of the molecule is CCOCCCn1ccc(C)c1C(=O)O. The van der Waals surface area contributed by atoms with Crippen LogP contribution in [-0.4, -0.2) is 28.9 Å². The van der Waals surface area contributed by atoms with Crippen LogP contribution in [0.25, 0.3) is 0 Å². The van der Waals surface area contributed by atoms with Crippen LogP contribution in [0, 0.1) is 6.92 Å². The second kappa shape index (κ2) is 5.56. The number of aromatic nitrogens is 1. The molecule has 0 aliphatic rings. The number of carboxylic acids is 1. The third-order valence-electron chi connectivity index (χ3n) is 2.26. The van der Waals surface area contributed by atoms with E-state index < -0.39 is 5.97 Å². The van der Waals surface area contributed by atoms with Crippen LogP contribution in [0.4, 0.5) is 0 Å². The molecule has 4 nitrogen and oxygen atoms in total. The molecular formula is C11H17NO3. The van der Waals surface area contributed by atoms with Crippen molar-refractivity contribution in [2.75, 3.05) is 13.2 Å². The molecule has 0 saturated heterocycles. The van der Waals surface area contributed by atoms with Crippen molar-refractivity contribution in [3.05, 3.63) is 23.5 Å². The minimum absolute atomic E-state index is 0.381. The van der Waals surface area contributed by atoms with E-state index >= 15 is 0 Å². The number of aryl methyl sites for hydroxylation is 2. The second-order valence-electron chi connectivity index (χ2n) is 3.40. The Hall–Kier alpha value is -1.29. The lowest BCUT2D eigenvalue weighted by atomic mass is 10.3. The maximum absolute atomic E-state index is 10.9. The fourth-order valence-corrected chi connectivity index (χ4v) is 1.54. The summed E-state index contributed by atoms with van der Waals surface area (Å²) in [4.78, 5) is 10.9. The molecule has 84 valence electrons. The van der Waals surface area contributed by atoms with Crippen LogP contribution in [0.1, 0.15) is 29.4 Å². The van der Waals surface area contributed by atoms with Gasteiger partial charge in [0.05, 0.1) is 0 Å². The number of rotatable bonds is 6. The van der Waals surface area contributed by atoms with E-state index in [1.807, 2.05) is 26.1 Å². The summed E-state index contributed by atoms with van der Waals surface area (Å²) in [5.41, 5.74) is 1.19. The van der Waals surface area contributed by atoms with Gasteiger partial charge < -0.3 is 14.4 Å². The van der Waals surface area contributed by atoms with E-state index in [0.29, 0.717) is 25.5 Å². The van der Waals surface area contributed by atoms with Gasteiger partial charge in [-0.15, -0.1) is 0 Å². The van der Waals surface area contributed by atoms with Gasteiger partial charge in [0.25, 0.3) is 0 Å². The third kappa shape index (κ3) is 3.09. The third-order valence-corrected chi connectivity index (χ3v) is 2.26. The number of carboxylic acid groups (broad SMARTS) is 1. The van der Waals surface area contributed by atoms with Crippen LogP contribution in [0.2, 0.25) is 0 Å². The average molecular weight is 211 g/mol. The average Bonchev–Trinajstić information content (AvgIpc) is 2.54. The summed E-state index contributed by atoms with van der Waals surface area (Å²) in [6.07, 6.45) is 2.65. The Bertz CT molecular complexity index is 331. The molecule has 0 unspecified atom stereocenters. The molecule has 0 aliphatic heterocycles. The highest BCUT2D eigenvalue weighted by atomic mass is 16.5. The minimum atomic E-state index is -0.867. The molecule has 0 aliphatic carbocycles. The van der Waals surface area contributed by atoms with Crippen LogP contribution in [0.15, 0.2) is 12.3 Å². The van der Waals surface area contributed by atoms with Gasteiger partial charge in [-0.2, -0.15) is 0 Å². The van der Waals surface area contributed by atoms with Crippen molar-refractivity contribution in [2.24, 2.45) is 0 Å². The number of hydrogen-bond donors (Lipinski definition) is 1. The standard InChI is InChI=1S/C11H17NO3/c1-3-15-8-4-6-12-7-5-9(2)10(12)11(13)14/h5,7H,3-4,6,8H2,1-2H3,(H,13,14). The summed E-state index contributed by atoms with van der Waals surface area (Å²) in [7, 11) is 0. The van der Waals surface area contributed by atoms with Gasteiger partial charge in [-0.25, -0.2) is 4.79 Å². The van der Waals surface area contributed by atoms with Gasteiger partial charge in [-0.3, -0.25) is 0 Å². The summed E-state index contributed by atoms with van der Waals surface area (Å²) in [5.74, 6) is -0.867. The van der Waals surface area contributed by atoms with Crippen molar-refractivity contribution < 1.29 is 14.6 Å². The van der Waals surface area contributed by atoms with Gasteiger partial charge in [0.15, 0.2) is 0 Å². The monoisotopic (exact) mass is 211 g/mol. The van der Waals surface area contributed by atoms with Crippen LogP contribution in [0.3, 0.4) is 0 Å². The maximum Gasteiger partial charge on any atom is 0.352 e. The second-order valence-corrected chi connectivity index (χ2v) is 3.40. The maximum atomic E-state index is 10.9. The minimum Gasteiger partial charge on any atom is -0.477 e. The van der Waals surface area contributed by atoms with E-state index in [2.05, 4.69) is 0 Å². The Morgan fingerprint density at radius 3 is 2.93 bits per heavy atom. The Morgan fingerprint density at radius 2 is 2.33 bits per heavy atom. The van der Waals surface area contributed by atoms with Crippen LogP contribution in [-0.2, 0) is 11.3 Å². The van der Waals surface area contributed by atoms with Gasteiger partial charge in [-0.1, -0.05) is 0 Å². The number of nitrogens with zero attached hydrogens (tertiary/aromatic N) is 1. The molecule has 0 spiro atoms. The largest absolute Gasteiger partial charge is 0.477 e. The molecule has 1 aromatic rings. The molecule has 1 N–H and O–H groups in total. The lowest BCUT2D eigenvalue weighted by Gasteiger charge is -2.06. The van der Waals surface area contributed by atoms with Gasteiger partial charge in [0.2, 0.25) is 0 Å². The first kappa shape index (κ1) is 11.8. The molecule has 0 amide bonds. The number of hydrogen-bond acceptors (Lipinski definition) is 2. The smallest absolute Gasteiger partial charge is 0.352 e. The molecule has 4 heteroatoms. The van der Waals surface area contributed by atoms with Crippen molar-refractivity contribution in [1.82, 2.24) is 4.57 Å². The number of ether oxygens (including phenoxy) is 1. The fourth-order valence-electron chi connectivity index (χ4n) is 1.54. The molecule has 1 heterocycles. The molecule has 0 bridgehead atoms. The summed E-state index contributed by atoms with van der Waals surface area (Å²) in [6.45, 7) is 5.82. The molecule has 0 aromatic carbocycles. The fraction of sp³-hybridized carbons (Fsp3) is 0.545. The predicted molar refractivity (Wildman–Crippen MR) is 57.2 cm³/mol. The molecule has 1 rings (SSSR count). The highest BCUT2D eigenvalue weighted by Gasteiger charge is 2.12. The normalized spacial score (nSPS) is 10.5. The quantitative estimate of drug-likeness (QED) is 0.731. The topological polar surface area (TPSA) is 51.5 Å². The Morgan fingerprint density at radius 1 is 1.60 bits per heavy atom. The zero-order valence-corrected chi connectivity index (χ0v) is 9.19. The van der Waals surface area contributed by atoms with Crippen molar-refractivity contribution in [3.63, 3.8) is 0 Å². The highest BCUT2D eigenvalue weighted by molar-refractivity contribution is 5.87. The Balaban J connectivity index is 2.57. The van der Waals surface area contributed by atoms with Gasteiger partial charge in [-0.05, 0) is 31.9 Å². The van der Waals surface area contributed by atoms with Gasteiger partial charge >= 0.3 is 5.97 Å². The number of carbonyl (C=O) groups is 1. The first-order chi connectivity index (χ1) is 7.16. The molecule has 1 aromatic heterocycles. The molecular weight excluding hydrogens is 194 g/mol. The van der Waals surface area contributed by atoms with Crippen molar-refractivity contribution >= 4 is 5.97 Å². The Kier molecular flexibility index (Phi) is 4.37. The van der Waals surface area contributed by atoms with Crippen LogP contribution >= 0.6 is 0 Å². The van der Waals surface area contributed by atoms with E-state index in [1.165, 1.54) is 0 Å². The molecule has 15 heavy (non-hydrogen) atoms. The van der Waals surface area contributed by atoms with Crippen LogP contribution < -0.4 is 0 Å². The van der Waals surface area contributed by atoms with Gasteiger partial charge in [0, 0.05) is 26.0 Å². The van der Waals surface area contributed by atoms with Crippen molar-refractivity contribution in [3.8, 4) is 0 Å². The molecule has 0 radical (unpaired) electrons. The van der Waals surface area contributed by atoms with E-state index in [-0.39, 0.29) is 0 Å².